The Bertz CT molecular complexity index is 5290. The highest BCUT2D eigenvalue weighted by Gasteiger charge is 2.20. The van der Waals surface area contributed by atoms with E-state index < -0.39 is 0 Å². The van der Waals surface area contributed by atoms with Crippen molar-refractivity contribution in [3.8, 4) is 44.8 Å². The summed E-state index contributed by atoms with van der Waals surface area (Å²) in [4.78, 5) is 2.36. The zero-order valence-corrected chi connectivity index (χ0v) is 45.4. The lowest BCUT2D eigenvalue weighted by Gasteiger charge is -2.26. The van der Waals surface area contributed by atoms with Crippen LogP contribution in [-0.4, -0.2) is 9.13 Å². The summed E-state index contributed by atoms with van der Waals surface area (Å²) >= 11 is 1.88. The normalized spacial score (nSPS) is 11.9. The molecule has 14 aromatic carbocycles. The highest BCUT2D eigenvalue weighted by Crippen LogP contribution is 2.44. The molecule has 0 saturated carbocycles. The van der Waals surface area contributed by atoms with Gasteiger partial charge in [-0.1, -0.05) is 194 Å². The highest BCUT2D eigenvalue weighted by atomic mass is 32.1. The predicted molar refractivity (Wildman–Crippen MR) is 352 cm³/mol. The summed E-state index contributed by atoms with van der Waals surface area (Å²) in [5.41, 5.74) is 17.5. The van der Waals surface area contributed by atoms with Crippen molar-refractivity contribution >= 4 is 125 Å². The summed E-state index contributed by atoms with van der Waals surface area (Å²) in [5.74, 6) is 0. The molecule has 0 atom stereocenters. The zero-order valence-electron chi connectivity index (χ0n) is 44.5. The molecule has 0 spiro atoms. The van der Waals surface area contributed by atoms with Crippen molar-refractivity contribution in [2.24, 2.45) is 0 Å². The molecule has 0 amide bonds. The fraction of sp³-hybridized carbons (Fsp3) is 0. The van der Waals surface area contributed by atoms with Gasteiger partial charge in [0.2, 0.25) is 0 Å². The summed E-state index contributed by atoms with van der Waals surface area (Å²) in [7, 11) is 0. The number of benzene rings is 14. The molecule has 0 radical (unpaired) electrons. The highest BCUT2D eigenvalue weighted by molar-refractivity contribution is 7.26. The van der Waals surface area contributed by atoms with Gasteiger partial charge in [-0.3, -0.25) is 0 Å². The number of nitrogens with zero attached hydrogens (tertiary/aromatic N) is 3. The Kier molecular flexibility index (Phi) is 10.5. The SMILES string of the molecule is c1ccc(N(c2ccc(-c3ccc4c(c3)c3cc(-c5ccc(-n6c7ccccc7c7ccccc76)cc5)ccc3n4-c3ccc4c5ccccc5c5ccccc5c4c3)cc2)c2ccc(-c3cccc4c3sc3ccccc34)cc2)cc1. The third kappa shape index (κ3) is 7.29. The number of anilines is 3. The van der Waals surface area contributed by atoms with Crippen LogP contribution in [-0.2, 0) is 0 Å². The van der Waals surface area contributed by atoms with E-state index in [2.05, 4.69) is 311 Å². The summed E-state index contributed by atoms with van der Waals surface area (Å²) in [5, 5.41) is 15.2. The van der Waals surface area contributed by atoms with E-state index in [4.69, 9.17) is 0 Å². The van der Waals surface area contributed by atoms with E-state index in [0.29, 0.717) is 0 Å². The van der Waals surface area contributed by atoms with Crippen LogP contribution in [0.1, 0.15) is 0 Å². The maximum atomic E-state index is 2.47. The molecular weight excluding hydrogens is 1010 g/mol. The fourth-order valence-corrected chi connectivity index (χ4v) is 14.5. The summed E-state index contributed by atoms with van der Waals surface area (Å²) in [6, 6.07) is 110. The van der Waals surface area contributed by atoms with Gasteiger partial charge in [-0.15, -0.1) is 11.3 Å². The molecule has 0 bridgehead atoms. The van der Waals surface area contributed by atoms with Crippen LogP contribution in [0.5, 0.6) is 0 Å². The molecule has 0 aliphatic rings. The molecule has 4 heteroatoms. The van der Waals surface area contributed by atoms with Crippen LogP contribution in [0.2, 0.25) is 0 Å². The maximum Gasteiger partial charge on any atom is 0.0541 e. The molecule has 3 heterocycles. The Morgan fingerprint density at radius 3 is 1.24 bits per heavy atom. The molecule has 0 aliphatic carbocycles. The fourth-order valence-electron chi connectivity index (χ4n) is 13.3. The first kappa shape index (κ1) is 46.4. The first-order valence-electron chi connectivity index (χ1n) is 28.1. The Labute approximate surface area is 477 Å². The maximum absolute atomic E-state index is 2.47. The monoisotopic (exact) mass is 1060 g/mol. The Morgan fingerprint density at radius 2 is 0.646 bits per heavy atom. The van der Waals surface area contributed by atoms with E-state index >= 15 is 0 Å². The number of thiophene rings is 1. The smallest absolute Gasteiger partial charge is 0.0541 e. The quantitative estimate of drug-likeness (QED) is 0.138. The number of fused-ring (bicyclic) bond motifs is 15. The first-order chi connectivity index (χ1) is 40.7. The third-order valence-electron chi connectivity index (χ3n) is 17.1. The van der Waals surface area contributed by atoms with Crippen LogP contribution in [0.15, 0.2) is 297 Å². The van der Waals surface area contributed by atoms with E-state index in [1.807, 2.05) is 11.3 Å². The standard InChI is InChI=1S/C78H49N3S/c1-2-15-55(16-3-1)79(57-41-33-52(34-42-57)60-24-14-25-69-68-23-10-13-28-77(68)82-78(60)69)56-37-29-50(30-38-56)53-35-45-75-71(47-53)72-48-54(51-31-39-58(40-32-51)80-73-26-11-8-21-66(73)67-22-9-12-27-74(67)80)36-46-76(72)81(75)59-43-44-65-63-19-5-4-17-61(63)62-18-6-7-20-64(62)70(65)49-59/h1-49H. The minimum absolute atomic E-state index is 1.09. The van der Waals surface area contributed by atoms with Crippen LogP contribution < -0.4 is 4.90 Å². The lowest BCUT2D eigenvalue weighted by molar-refractivity contribution is 1.18. The minimum atomic E-state index is 1.09. The summed E-state index contributed by atoms with van der Waals surface area (Å²) in [6.45, 7) is 0. The van der Waals surface area contributed by atoms with E-state index in [1.165, 1.54) is 124 Å². The molecule has 0 saturated heterocycles. The zero-order chi connectivity index (χ0) is 53.8. The van der Waals surface area contributed by atoms with Crippen molar-refractivity contribution in [3.63, 3.8) is 0 Å². The Balaban J connectivity index is 0.781. The topological polar surface area (TPSA) is 13.1 Å². The minimum Gasteiger partial charge on any atom is -0.311 e. The van der Waals surface area contributed by atoms with Crippen LogP contribution >= 0.6 is 11.3 Å². The predicted octanol–water partition coefficient (Wildman–Crippen LogP) is 22.2. The van der Waals surface area contributed by atoms with Gasteiger partial charge in [0.05, 0.1) is 22.1 Å². The lowest BCUT2D eigenvalue weighted by atomic mass is 9.94. The van der Waals surface area contributed by atoms with Gasteiger partial charge in [0.15, 0.2) is 0 Å². The van der Waals surface area contributed by atoms with Gasteiger partial charge in [0.1, 0.15) is 0 Å². The van der Waals surface area contributed by atoms with Crippen molar-refractivity contribution < 1.29 is 0 Å². The van der Waals surface area contributed by atoms with Gasteiger partial charge in [0, 0.05) is 70.2 Å². The molecule has 17 rings (SSSR count). The van der Waals surface area contributed by atoms with Crippen molar-refractivity contribution in [2.45, 2.75) is 0 Å². The molecule has 0 aliphatic heterocycles. The van der Waals surface area contributed by atoms with E-state index in [-0.39, 0.29) is 0 Å². The molecular formula is C78H49N3S. The van der Waals surface area contributed by atoms with Crippen molar-refractivity contribution in [3.05, 3.63) is 297 Å². The van der Waals surface area contributed by atoms with Crippen LogP contribution in [0, 0.1) is 0 Å². The number of aromatic nitrogens is 2. The van der Waals surface area contributed by atoms with Gasteiger partial charge >= 0.3 is 0 Å². The third-order valence-corrected chi connectivity index (χ3v) is 18.3. The van der Waals surface area contributed by atoms with E-state index in [9.17, 15) is 0 Å². The number of para-hydroxylation sites is 3. The van der Waals surface area contributed by atoms with E-state index in [1.54, 1.807) is 0 Å². The van der Waals surface area contributed by atoms with Crippen LogP contribution in [0.25, 0.3) is 141 Å². The van der Waals surface area contributed by atoms with E-state index in [0.717, 1.165) is 34.0 Å². The van der Waals surface area contributed by atoms with Crippen molar-refractivity contribution in [1.29, 1.82) is 0 Å². The van der Waals surface area contributed by atoms with Crippen molar-refractivity contribution in [2.75, 3.05) is 4.90 Å². The van der Waals surface area contributed by atoms with Gasteiger partial charge < -0.3 is 14.0 Å². The summed E-state index contributed by atoms with van der Waals surface area (Å²) in [6.07, 6.45) is 0. The second kappa shape index (κ2) is 18.5. The second-order valence-corrected chi connectivity index (χ2v) is 22.6. The molecule has 0 N–H and O–H groups in total. The largest absolute Gasteiger partial charge is 0.311 e. The molecule has 17 aromatic rings. The molecule has 3 aromatic heterocycles. The number of rotatable bonds is 8. The molecule has 0 fully saturated rings. The van der Waals surface area contributed by atoms with Gasteiger partial charge in [0.25, 0.3) is 0 Å². The number of hydrogen-bond acceptors (Lipinski definition) is 2. The molecule has 82 heavy (non-hydrogen) atoms. The molecule has 3 nitrogen and oxygen atoms in total. The molecule has 0 unspecified atom stereocenters. The first-order valence-corrected chi connectivity index (χ1v) is 29.0. The Morgan fingerprint density at radius 1 is 0.232 bits per heavy atom. The van der Waals surface area contributed by atoms with Crippen LogP contribution in [0.4, 0.5) is 17.1 Å². The average Bonchev–Trinajstić information content (AvgIpc) is 3.15. The average molecular weight is 1060 g/mol. The Hall–Kier alpha value is -10.5. The van der Waals surface area contributed by atoms with Gasteiger partial charge in [-0.05, 0) is 169 Å². The lowest BCUT2D eigenvalue weighted by Crippen LogP contribution is -2.09. The second-order valence-electron chi connectivity index (χ2n) is 21.6. The number of hydrogen-bond donors (Lipinski definition) is 0. The van der Waals surface area contributed by atoms with Crippen LogP contribution in [0.3, 0.4) is 0 Å². The summed E-state index contributed by atoms with van der Waals surface area (Å²) < 4.78 is 7.51. The molecule has 382 valence electrons. The van der Waals surface area contributed by atoms with Crippen molar-refractivity contribution in [1.82, 2.24) is 9.13 Å². The van der Waals surface area contributed by atoms with Gasteiger partial charge in [-0.2, -0.15) is 0 Å². The van der Waals surface area contributed by atoms with Gasteiger partial charge in [-0.25, -0.2) is 0 Å².